The van der Waals surface area contributed by atoms with Gasteiger partial charge in [0.1, 0.15) is 0 Å². The van der Waals surface area contributed by atoms with Crippen LogP contribution in [-0.4, -0.2) is 17.6 Å². The van der Waals surface area contributed by atoms with Gasteiger partial charge in [0, 0.05) is 24.8 Å². The first kappa shape index (κ1) is 19.2. The third kappa shape index (κ3) is 3.90. The Bertz CT molecular complexity index is 675. The maximum atomic E-state index is 13.1. The molecule has 1 saturated carbocycles. The summed E-state index contributed by atoms with van der Waals surface area (Å²) in [7, 11) is 0. The molecule has 1 aliphatic heterocycles. The van der Waals surface area contributed by atoms with Gasteiger partial charge in [-0.2, -0.15) is 13.2 Å². The number of rotatable bonds is 2. The Morgan fingerprint density at radius 3 is 2.69 bits per heavy atom. The van der Waals surface area contributed by atoms with Crippen LogP contribution in [0.1, 0.15) is 63.7 Å². The Morgan fingerprint density at radius 1 is 1.31 bits per heavy atom. The third-order valence-electron chi connectivity index (χ3n) is 5.87. The van der Waals surface area contributed by atoms with Gasteiger partial charge in [-0.05, 0) is 43.4 Å². The van der Waals surface area contributed by atoms with Crippen LogP contribution in [0.15, 0.2) is 24.3 Å². The molecule has 0 radical (unpaired) electrons. The second-order valence-corrected chi connectivity index (χ2v) is 8.11. The zero-order valence-corrected chi connectivity index (χ0v) is 15.4. The van der Waals surface area contributed by atoms with Crippen LogP contribution in [0.5, 0.6) is 0 Å². The van der Waals surface area contributed by atoms with Crippen molar-refractivity contribution in [2.24, 2.45) is 11.8 Å². The number of benzene rings is 1. The fraction of sp³-hybridized carbons (Fsp3) is 0.650. The van der Waals surface area contributed by atoms with Crippen molar-refractivity contribution < 1.29 is 22.7 Å². The SMILES string of the molecule is CC(=O)N[C@@]1(C)C[C@H](c2cccc(C(F)(F)F)c2)O[C@@H]2C[C@H](C)CC[C@H]21. The summed E-state index contributed by atoms with van der Waals surface area (Å²) in [4.78, 5) is 11.8. The lowest BCUT2D eigenvalue weighted by Crippen LogP contribution is -2.60. The molecule has 3 rings (SSSR count). The molecule has 1 saturated heterocycles. The lowest BCUT2D eigenvalue weighted by molar-refractivity contribution is -0.153. The first-order valence-electron chi connectivity index (χ1n) is 9.20. The van der Waals surface area contributed by atoms with Gasteiger partial charge in [-0.15, -0.1) is 0 Å². The standard InChI is InChI=1S/C20H26F3NO2/c1-12-7-8-16-17(9-12)26-18(11-19(16,3)24-13(2)25)14-5-4-6-15(10-14)20(21,22)23/h4-6,10,12,16-18H,7-9,11H2,1-3H3,(H,24,25)/t12-,16-,17-,18-,19+/m1/s1. The van der Waals surface area contributed by atoms with Gasteiger partial charge in [0.2, 0.25) is 5.91 Å². The van der Waals surface area contributed by atoms with Crippen molar-refractivity contribution in [1.29, 1.82) is 0 Å². The number of fused-ring (bicyclic) bond motifs is 1. The highest BCUT2D eigenvalue weighted by Gasteiger charge is 2.49. The van der Waals surface area contributed by atoms with Crippen LogP contribution < -0.4 is 5.32 Å². The normalized spacial score (nSPS) is 34.8. The zero-order valence-electron chi connectivity index (χ0n) is 15.4. The van der Waals surface area contributed by atoms with E-state index >= 15 is 0 Å². The van der Waals surface area contributed by atoms with Crippen molar-refractivity contribution in [3.63, 3.8) is 0 Å². The minimum atomic E-state index is -4.38. The molecule has 0 unspecified atom stereocenters. The monoisotopic (exact) mass is 369 g/mol. The molecule has 1 aliphatic carbocycles. The molecule has 0 bridgehead atoms. The summed E-state index contributed by atoms with van der Waals surface area (Å²) in [5, 5.41) is 3.08. The highest BCUT2D eigenvalue weighted by atomic mass is 19.4. The van der Waals surface area contributed by atoms with Crippen LogP contribution in [-0.2, 0) is 15.7 Å². The molecule has 2 aliphatic rings. The molecule has 26 heavy (non-hydrogen) atoms. The Hall–Kier alpha value is -1.56. The zero-order chi connectivity index (χ0) is 19.1. The summed E-state index contributed by atoms with van der Waals surface area (Å²) in [6, 6.07) is 5.35. The first-order chi connectivity index (χ1) is 12.1. The van der Waals surface area contributed by atoms with Crippen LogP contribution in [0.4, 0.5) is 13.2 Å². The van der Waals surface area contributed by atoms with Crippen LogP contribution >= 0.6 is 0 Å². The van der Waals surface area contributed by atoms with E-state index < -0.39 is 23.4 Å². The summed E-state index contributed by atoms with van der Waals surface area (Å²) >= 11 is 0. The Kier molecular flexibility index (Phi) is 5.08. The smallest absolute Gasteiger partial charge is 0.370 e. The number of hydrogen-bond donors (Lipinski definition) is 1. The molecule has 6 heteroatoms. The average molecular weight is 369 g/mol. The average Bonchev–Trinajstić information content (AvgIpc) is 2.52. The molecule has 1 aromatic rings. The van der Waals surface area contributed by atoms with Gasteiger partial charge in [-0.3, -0.25) is 4.79 Å². The Labute approximate surface area is 152 Å². The van der Waals surface area contributed by atoms with E-state index in [0.29, 0.717) is 17.9 Å². The molecule has 1 aromatic carbocycles. The lowest BCUT2D eigenvalue weighted by atomic mass is 9.66. The van der Waals surface area contributed by atoms with Crippen molar-refractivity contribution in [2.75, 3.05) is 0 Å². The van der Waals surface area contributed by atoms with Gasteiger partial charge in [0.15, 0.2) is 0 Å². The van der Waals surface area contributed by atoms with Crippen LogP contribution in [0, 0.1) is 11.8 Å². The summed E-state index contributed by atoms with van der Waals surface area (Å²) in [6.45, 7) is 5.66. The van der Waals surface area contributed by atoms with E-state index in [1.807, 2.05) is 6.92 Å². The summed E-state index contributed by atoms with van der Waals surface area (Å²) < 4.78 is 45.5. The van der Waals surface area contributed by atoms with Gasteiger partial charge in [0.25, 0.3) is 0 Å². The van der Waals surface area contributed by atoms with E-state index in [1.165, 1.54) is 19.1 Å². The highest BCUT2D eigenvalue weighted by molar-refractivity contribution is 5.73. The topological polar surface area (TPSA) is 38.3 Å². The summed E-state index contributed by atoms with van der Waals surface area (Å²) in [5.41, 5.74) is -0.625. The second kappa shape index (κ2) is 6.87. The molecule has 0 aromatic heterocycles. The minimum absolute atomic E-state index is 0.0520. The second-order valence-electron chi connectivity index (χ2n) is 8.11. The van der Waals surface area contributed by atoms with Gasteiger partial charge < -0.3 is 10.1 Å². The fourth-order valence-corrected chi connectivity index (χ4v) is 4.66. The minimum Gasteiger partial charge on any atom is -0.370 e. The fourth-order valence-electron chi connectivity index (χ4n) is 4.66. The van der Waals surface area contributed by atoms with E-state index in [-0.39, 0.29) is 17.9 Å². The highest BCUT2D eigenvalue weighted by Crippen LogP contribution is 2.48. The molecular weight excluding hydrogens is 343 g/mol. The largest absolute Gasteiger partial charge is 0.416 e. The number of halogens is 3. The van der Waals surface area contributed by atoms with E-state index in [0.717, 1.165) is 25.3 Å². The number of amides is 1. The van der Waals surface area contributed by atoms with Crippen LogP contribution in [0.2, 0.25) is 0 Å². The Morgan fingerprint density at radius 2 is 2.04 bits per heavy atom. The molecule has 5 atom stereocenters. The maximum absolute atomic E-state index is 13.1. The number of hydrogen-bond acceptors (Lipinski definition) is 2. The summed E-state index contributed by atoms with van der Waals surface area (Å²) in [6.07, 6.45) is -1.51. The summed E-state index contributed by atoms with van der Waals surface area (Å²) in [5.74, 6) is 0.581. The lowest BCUT2D eigenvalue weighted by Gasteiger charge is -2.52. The molecular formula is C20H26F3NO2. The van der Waals surface area contributed by atoms with Crippen molar-refractivity contribution in [2.45, 2.75) is 70.4 Å². The molecule has 2 fully saturated rings. The van der Waals surface area contributed by atoms with Crippen molar-refractivity contribution in [3.05, 3.63) is 35.4 Å². The third-order valence-corrected chi connectivity index (χ3v) is 5.87. The molecule has 0 spiro atoms. The molecule has 1 amide bonds. The molecule has 144 valence electrons. The molecule has 1 heterocycles. The molecule has 3 nitrogen and oxygen atoms in total. The number of carbonyl (C=O) groups excluding carboxylic acids is 1. The number of nitrogens with one attached hydrogen (secondary N) is 1. The van der Waals surface area contributed by atoms with E-state index in [2.05, 4.69) is 12.2 Å². The van der Waals surface area contributed by atoms with Crippen LogP contribution in [0.3, 0.4) is 0 Å². The number of alkyl halides is 3. The van der Waals surface area contributed by atoms with Gasteiger partial charge in [-0.25, -0.2) is 0 Å². The van der Waals surface area contributed by atoms with Crippen molar-refractivity contribution >= 4 is 5.91 Å². The van der Waals surface area contributed by atoms with E-state index in [9.17, 15) is 18.0 Å². The molecule has 1 N–H and O–H groups in total. The predicted molar refractivity (Wildman–Crippen MR) is 92.4 cm³/mol. The van der Waals surface area contributed by atoms with Crippen LogP contribution in [0.25, 0.3) is 0 Å². The first-order valence-corrected chi connectivity index (χ1v) is 9.20. The van der Waals surface area contributed by atoms with E-state index in [1.54, 1.807) is 6.07 Å². The maximum Gasteiger partial charge on any atom is 0.416 e. The van der Waals surface area contributed by atoms with Gasteiger partial charge in [-0.1, -0.05) is 25.5 Å². The van der Waals surface area contributed by atoms with Gasteiger partial charge >= 0.3 is 6.18 Å². The van der Waals surface area contributed by atoms with Crippen molar-refractivity contribution in [3.8, 4) is 0 Å². The Balaban J connectivity index is 1.92. The quantitative estimate of drug-likeness (QED) is 0.808. The van der Waals surface area contributed by atoms with E-state index in [4.69, 9.17) is 4.74 Å². The predicted octanol–water partition coefficient (Wildman–Crippen LogP) is 4.87. The number of carbonyl (C=O) groups is 1. The van der Waals surface area contributed by atoms with Crippen molar-refractivity contribution in [1.82, 2.24) is 5.32 Å². The number of ether oxygens (including phenoxy) is 1. The van der Waals surface area contributed by atoms with Gasteiger partial charge in [0.05, 0.1) is 17.8 Å².